The van der Waals surface area contributed by atoms with Gasteiger partial charge in [0.1, 0.15) is 0 Å². The molecule has 3 N–H and O–H groups in total. The van der Waals surface area contributed by atoms with Gasteiger partial charge >= 0.3 is 0 Å². The molecule has 0 bridgehead atoms. The summed E-state index contributed by atoms with van der Waals surface area (Å²) >= 11 is 0. The van der Waals surface area contributed by atoms with Crippen LogP contribution in [-0.4, -0.2) is 31.7 Å². The Morgan fingerprint density at radius 3 is 2.47 bits per heavy atom. The lowest BCUT2D eigenvalue weighted by atomic mass is 9.76. The number of nitrogens with two attached hydrogens (primary N) is 1. The maximum Gasteiger partial charge on any atom is 0.220 e. The summed E-state index contributed by atoms with van der Waals surface area (Å²) in [6, 6.07) is 0.309. The quantitative estimate of drug-likeness (QED) is 0.776. The molecule has 112 valence electrons. The van der Waals surface area contributed by atoms with E-state index in [1.165, 1.54) is 0 Å². The molecule has 1 aliphatic heterocycles. The van der Waals surface area contributed by atoms with Crippen molar-refractivity contribution >= 4 is 5.91 Å². The number of amides is 1. The van der Waals surface area contributed by atoms with Crippen molar-refractivity contribution in [1.82, 2.24) is 5.32 Å². The molecule has 0 aromatic heterocycles. The Morgan fingerprint density at radius 2 is 1.95 bits per heavy atom. The molecular weight excluding hydrogens is 240 g/mol. The molecule has 0 aliphatic carbocycles. The minimum Gasteiger partial charge on any atom is -0.381 e. The predicted molar refractivity (Wildman–Crippen MR) is 77.8 cm³/mol. The summed E-state index contributed by atoms with van der Waals surface area (Å²) < 4.78 is 5.29. The van der Waals surface area contributed by atoms with Gasteiger partial charge in [0.2, 0.25) is 5.91 Å². The van der Waals surface area contributed by atoms with Gasteiger partial charge in [-0.15, -0.1) is 0 Å². The van der Waals surface area contributed by atoms with E-state index >= 15 is 0 Å². The zero-order valence-corrected chi connectivity index (χ0v) is 12.7. The molecule has 1 atom stereocenters. The topological polar surface area (TPSA) is 64.4 Å². The normalized spacial score (nSPS) is 19.2. The van der Waals surface area contributed by atoms with Gasteiger partial charge in [0.05, 0.1) is 0 Å². The molecule has 1 fully saturated rings. The lowest BCUT2D eigenvalue weighted by Gasteiger charge is -2.30. The van der Waals surface area contributed by atoms with Crippen LogP contribution in [0.25, 0.3) is 0 Å². The van der Waals surface area contributed by atoms with Crippen LogP contribution < -0.4 is 11.1 Å². The van der Waals surface area contributed by atoms with E-state index in [1.54, 1.807) is 0 Å². The Hall–Kier alpha value is -0.610. The summed E-state index contributed by atoms with van der Waals surface area (Å²) in [7, 11) is 0. The van der Waals surface area contributed by atoms with Crippen molar-refractivity contribution < 1.29 is 9.53 Å². The zero-order valence-electron chi connectivity index (χ0n) is 12.7. The van der Waals surface area contributed by atoms with Crippen molar-refractivity contribution in [3.8, 4) is 0 Å². The Kier molecular flexibility index (Phi) is 6.80. The first-order valence-electron chi connectivity index (χ1n) is 7.50. The number of rotatable bonds is 6. The third kappa shape index (κ3) is 6.39. The third-order valence-electron chi connectivity index (χ3n) is 4.05. The van der Waals surface area contributed by atoms with Gasteiger partial charge in [-0.2, -0.15) is 0 Å². The second kappa shape index (κ2) is 7.85. The minimum absolute atomic E-state index is 0.179. The highest BCUT2D eigenvalue weighted by molar-refractivity contribution is 5.76. The molecule has 1 unspecified atom stereocenters. The van der Waals surface area contributed by atoms with Crippen molar-refractivity contribution in [2.24, 2.45) is 17.1 Å². The number of carbonyl (C=O) groups excluding carboxylic acids is 1. The van der Waals surface area contributed by atoms with Crippen LogP contribution in [-0.2, 0) is 9.53 Å². The van der Waals surface area contributed by atoms with E-state index in [0.29, 0.717) is 24.9 Å². The molecular formula is C15H30N2O2. The van der Waals surface area contributed by atoms with Crippen molar-refractivity contribution in [2.75, 3.05) is 19.8 Å². The maximum atomic E-state index is 12.0. The molecule has 0 spiro atoms. The number of carbonyl (C=O) groups is 1. The Morgan fingerprint density at radius 1 is 1.32 bits per heavy atom. The lowest BCUT2D eigenvalue weighted by molar-refractivity contribution is -0.122. The fraction of sp³-hybridized carbons (Fsp3) is 0.933. The summed E-state index contributed by atoms with van der Waals surface area (Å²) in [5.41, 5.74) is 5.89. The molecule has 0 saturated carbocycles. The average Bonchev–Trinajstić information content (AvgIpc) is 2.34. The second-order valence-electron chi connectivity index (χ2n) is 6.63. The SMILES string of the molecule is CC(C)(C)C(CCN)CCC(=O)NC1CCOCC1. The summed E-state index contributed by atoms with van der Waals surface area (Å²) in [6.07, 6.45) is 4.41. The number of hydrogen-bond acceptors (Lipinski definition) is 3. The third-order valence-corrected chi connectivity index (χ3v) is 4.05. The molecule has 19 heavy (non-hydrogen) atoms. The average molecular weight is 270 g/mol. The molecule has 1 rings (SSSR count). The molecule has 1 heterocycles. The lowest BCUT2D eigenvalue weighted by Crippen LogP contribution is -2.39. The standard InChI is InChI=1S/C15H30N2O2/c1-15(2,3)12(6-9-16)4-5-14(18)17-13-7-10-19-11-8-13/h12-13H,4-11,16H2,1-3H3,(H,17,18). The van der Waals surface area contributed by atoms with Gasteiger partial charge in [-0.3, -0.25) is 4.79 Å². The van der Waals surface area contributed by atoms with E-state index < -0.39 is 0 Å². The highest BCUT2D eigenvalue weighted by Gasteiger charge is 2.25. The van der Waals surface area contributed by atoms with Crippen molar-refractivity contribution in [3.05, 3.63) is 0 Å². The maximum absolute atomic E-state index is 12.0. The molecule has 1 aliphatic rings. The van der Waals surface area contributed by atoms with Crippen LogP contribution >= 0.6 is 0 Å². The first-order valence-corrected chi connectivity index (χ1v) is 7.50. The fourth-order valence-corrected chi connectivity index (χ4v) is 2.66. The first-order chi connectivity index (χ1) is 8.93. The van der Waals surface area contributed by atoms with Gasteiger partial charge < -0.3 is 15.8 Å². The van der Waals surface area contributed by atoms with Crippen LogP contribution in [0.1, 0.15) is 52.9 Å². The molecule has 1 amide bonds. The Balaban J connectivity index is 2.30. The van der Waals surface area contributed by atoms with Crippen LogP contribution in [0.3, 0.4) is 0 Å². The van der Waals surface area contributed by atoms with Crippen molar-refractivity contribution in [1.29, 1.82) is 0 Å². The van der Waals surface area contributed by atoms with Crippen molar-refractivity contribution in [2.45, 2.75) is 58.9 Å². The number of ether oxygens (including phenoxy) is 1. The summed E-state index contributed by atoms with van der Waals surface area (Å²) in [4.78, 5) is 12.0. The highest BCUT2D eigenvalue weighted by atomic mass is 16.5. The molecule has 1 saturated heterocycles. The smallest absolute Gasteiger partial charge is 0.220 e. The van der Waals surface area contributed by atoms with Gasteiger partial charge in [-0.05, 0) is 43.6 Å². The molecule has 4 heteroatoms. The van der Waals surface area contributed by atoms with E-state index in [2.05, 4.69) is 26.1 Å². The largest absolute Gasteiger partial charge is 0.381 e. The van der Waals surface area contributed by atoms with E-state index in [1.807, 2.05) is 0 Å². The van der Waals surface area contributed by atoms with Crippen LogP contribution in [0.2, 0.25) is 0 Å². The van der Waals surface area contributed by atoms with Crippen LogP contribution in [0, 0.1) is 11.3 Å². The van der Waals surface area contributed by atoms with Crippen molar-refractivity contribution in [3.63, 3.8) is 0 Å². The first kappa shape index (κ1) is 16.4. The van der Waals surface area contributed by atoms with Gasteiger partial charge in [-0.25, -0.2) is 0 Å². The van der Waals surface area contributed by atoms with Gasteiger partial charge in [0.15, 0.2) is 0 Å². The van der Waals surface area contributed by atoms with Gasteiger partial charge in [-0.1, -0.05) is 20.8 Å². The van der Waals surface area contributed by atoms with E-state index in [9.17, 15) is 4.79 Å². The summed E-state index contributed by atoms with van der Waals surface area (Å²) in [5, 5.41) is 3.12. The van der Waals surface area contributed by atoms with E-state index in [-0.39, 0.29) is 11.3 Å². The highest BCUT2D eigenvalue weighted by Crippen LogP contribution is 2.32. The van der Waals surface area contributed by atoms with Crippen LogP contribution in [0.5, 0.6) is 0 Å². The molecule has 4 nitrogen and oxygen atoms in total. The minimum atomic E-state index is 0.179. The van der Waals surface area contributed by atoms with E-state index in [0.717, 1.165) is 38.9 Å². The van der Waals surface area contributed by atoms with Gasteiger partial charge in [0.25, 0.3) is 0 Å². The Bertz CT molecular complexity index is 268. The van der Waals surface area contributed by atoms with E-state index in [4.69, 9.17) is 10.5 Å². The summed E-state index contributed by atoms with van der Waals surface area (Å²) in [5.74, 6) is 0.691. The number of nitrogens with one attached hydrogen (secondary N) is 1. The van der Waals surface area contributed by atoms with Crippen LogP contribution in [0.4, 0.5) is 0 Å². The summed E-state index contributed by atoms with van der Waals surface area (Å²) in [6.45, 7) is 8.91. The molecule has 0 radical (unpaired) electrons. The monoisotopic (exact) mass is 270 g/mol. The zero-order chi connectivity index (χ0) is 14.3. The molecule has 0 aromatic rings. The number of hydrogen-bond donors (Lipinski definition) is 2. The molecule has 0 aromatic carbocycles. The Labute approximate surface area is 117 Å². The van der Waals surface area contributed by atoms with Crippen LogP contribution in [0.15, 0.2) is 0 Å². The fourth-order valence-electron chi connectivity index (χ4n) is 2.66. The second-order valence-corrected chi connectivity index (χ2v) is 6.63. The predicted octanol–water partition coefficient (Wildman–Crippen LogP) is 2.07. The van der Waals surface area contributed by atoms with Gasteiger partial charge in [0, 0.05) is 25.7 Å².